The van der Waals surface area contributed by atoms with Crippen LogP contribution in [0.25, 0.3) is 0 Å². The number of para-hydroxylation sites is 1. The van der Waals surface area contributed by atoms with Gasteiger partial charge >= 0.3 is 5.97 Å². The van der Waals surface area contributed by atoms with Crippen molar-refractivity contribution in [3.05, 3.63) is 42.0 Å². The predicted molar refractivity (Wildman–Crippen MR) is 79.8 cm³/mol. The molecule has 0 aliphatic heterocycles. The van der Waals surface area contributed by atoms with Crippen molar-refractivity contribution in [2.24, 2.45) is 23.7 Å². The van der Waals surface area contributed by atoms with Crippen LogP contribution in [0, 0.1) is 23.7 Å². The minimum Gasteiger partial charge on any atom is -0.481 e. The Bertz CT molecular complexity index is 608. The first-order chi connectivity index (χ1) is 10.1. The zero-order valence-electron chi connectivity index (χ0n) is 12.0. The fourth-order valence-corrected chi connectivity index (χ4v) is 3.68. The van der Waals surface area contributed by atoms with E-state index in [1.54, 1.807) is 0 Å². The number of carboxylic acids is 1. The number of carbonyl (C=O) groups is 2. The maximum Gasteiger partial charge on any atom is 0.307 e. The number of allylic oxidation sites excluding steroid dienone is 2. The highest BCUT2D eigenvalue weighted by molar-refractivity contribution is 5.96. The molecule has 2 N–H and O–H groups in total. The lowest BCUT2D eigenvalue weighted by Crippen LogP contribution is -2.36. The van der Waals surface area contributed by atoms with Crippen LogP contribution in [0.3, 0.4) is 0 Å². The average molecular weight is 285 g/mol. The van der Waals surface area contributed by atoms with Crippen molar-refractivity contribution < 1.29 is 14.7 Å². The molecule has 0 heterocycles. The third kappa shape index (κ3) is 2.35. The highest BCUT2D eigenvalue weighted by Crippen LogP contribution is 2.48. The van der Waals surface area contributed by atoms with Crippen molar-refractivity contribution in [1.29, 1.82) is 0 Å². The monoisotopic (exact) mass is 285 g/mol. The molecule has 0 spiro atoms. The van der Waals surface area contributed by atoms with E-state index in [4.69, 9.17) is 0 Å². The molecular formula is C17H19NO3. The molecule has 0 radical (unpaired) electrons. The highest BCUT2D eigenvalue weighted by Gasteiger charge is 2.51. The molecule has 2 bridgehead atoms. The van der Waals surface area contributed by atoms with Gasteiger partial charge in [-0.15, -0.1) is 0 Å². The number of aryl methyl sites for hydroxylation is 1. The van der Waals surface area contributed by atoms with E-state index in [2.05, 4.69) is 5.32 Å². The molecule has 2 aliphatic rings. The zero-order valence-corrected chi connectivity index (χ0v) is 12.0. The molecule has 1 fully saturated rings. The SMILES string of the molecule is CCc1ccccc1NC(=O)[C@@H]1[C@H](C(=O)O)[C@H]2C=C[C@H]1C2. The summed E-state index contributed by atoms with van der Waals surface area (Å²) in [5.41, 5.74) is 1.86. The third-order valence-electron chi connectivity index (χ3n) is 4.70. The number of nitrogens with one attached hydrogen (secondary N) is 1. The van der Waals surface area contributed by atoms with Crippen molar-refractivity contribution in [3.8, 4) is 0 Å². The standard InChI is InChI=1S/C17H19NO3/c1-2-10-5-3-4-6-13(10)18-16(19)14-11-7-8-12(9-11)15(14)17(20)21/h3-8,11-12,14-15H,2,9H2,1H3,(H,18,19)(H,20,21)/t11-,12-,14-,15+/m0/s1. The first-order valence-electron chi connectivity index (χ1n) is 7.41. The maximum absolute atomic E-state index is 12.6. The van der Waals surface area contributed by atoms with E-state index in [0.29, 0.717) is 0 Å². The Morgan fingerprint density at radius 3 is 2.52 bits per heavy atom. The first-order valence-corrected chi connectivity index (χ1v) is 7.41. The Morgan fingerprint density at radius 1 is 1.19 bits per heavy atom. The molecule has 1 saturated carbocycles. The predicted octanol–water partition coefficient (Wildman–Crippen LogP) is 2.71. The second-order valence-corrected chi connectivity index (χ2v) is 5.84. The molecule has 4 heteroatoms. The maximum atomic E-state index is 12.6. The Hall–Kier alpha value is -2.10. The zero-order chi connectivity index (χ0) is 15.0. The van der Waals surface area contributed by atoms with Gasteiger partial charge in [-0.25, -0.2) is 0 Å². The molecule has 4 atom stereocenters. The lowest BCUT2D eigenvalue weighted by Gasteiger charge is -2.24. The number of hydrogen-bond donors (Lipinski definition) is 2. The number of aliphatic carboxylic acids is 1. The Labute approximate surface area is 123 Å². The normalized spacial score (nSPS) is 29.6. The van der Waals surface area contributed by atoms with Gasteiger partial charge in [0.2, 0.25) is 5.91 Å². The van der Waals surface area contributed by atoms with Crippen LogP contribution in [0.15, 0.2) is 36.4 Å². The number of amides is 1. The van der Waals surface area contributed by atoms with Gasteiger partial charge < -0.3 is 10.4 Å². The summed E-state index contributed by atoms with van der Waals surface area (Å²) in [6.07, 6.45) is 5.56. The van der Waals surface area contributed by atoms with Crippen molar-refractivity contribution in [3.63, 3.8) is 0 Å². The van der Waals surface area contributed by atoms with E-state index < -0.39 is 17.8 Å². The minimum atomic E-state index is -0.865. The van der Waals surface area contributed by atoms with Gasteiger partial charge in [0.05, 0.1) is 11.8 Å². The third-order valence-corrected chi connectivity index (χ3v) is 4.70. The Morgan fingerprint density at radius 2 is 1.86 bits per heavy atom. The largest absolute Gasteiger partial charge is 0.481 e. The van der Waals surface area contributed by atoms with Crippen LogP contribution in [0.2, 0.25) is 0 Å². The number of benzene rings is 1. The van der Waals surface area contributed by atoms with E-state index in [1.807, 2.05) is 43.3 Å². The van der Waals surface area contributed by atoms with E-state index in [9.17, 15) is 14.7 Å². The summed E-state index contributed by atoms with van der Waals surface area (Å²) in [7, 11) is 0. The molecule has 0 unspecified atom stereocenters. The van der Waals surface area contributed by atoms with Crippen molar-refractivity contribution in [2.45, 2.75) is 19.8 Å². The first kappa shape index (κ1) is 13.9. The number of fused-ring (bicyclic) bond motifs is 2. The van der Waals surface area contributed by atoms with Gasteiger partial charge in [0.1, 0.15) is 0 Å². The molecule has 21 heavy (non-hydrogen) atoms. The number of hydrogen-bond acceptors (Lipinski definition) is 2. The van der Waals surface area contributed by atoms with Gasteiger partial charge in [0.15, 0.2) is 0 Å². The van der Waals surface area contributed by atoms with E-state index >= 15 is 0 Å². The van der Waals surface area contributed by atoms with Crippen LogP contribution in [0.4, 0.5) is 5.69 Å². The van der Waals surface area contributed by atoms with Gasteiger partial charge in [-0.05, 0) is 36.3 Å². The van der Waals surface area contributed by atoms with Crippen LogP contribution in [-0.4, -0.2) is 17.0 Å². The van der Waals surface area contributed by atoms with Crippen LogP contribution in [-0.2, 0) is 16.0 Å². The van der Waals surface area contributed by atoms with Crippen LogP contribution < -0.4 is 5.32 Å². The highest BCUT2D eigenvalue weighted by atomic mass is 16.4. The molecule has 2 aliphatic carbocycles. The Kier molecular flexibility index (Phi) is 3.53. The van der Waals surface area contributed by atoms with E-state index in [1.165, 1.54) is 0 Å². The van der Waals surface area contributed by atoms with Gasteiger partial charge in [-0.2, -0.15) is 0 Å². The molecule has 110 valence electrons. The topological polar surface area (TPSA) is 66.4 Å². The number of anilines is 1. The molecule has 0 aromatic heterocycles. The van der Waals surface area contributed by atoms with Crippen molar-refractivity contribution in [2.75, 3.05) is 5.32 Å². The minimum absolute atomic E-state index is 0.00432. The lowest BCUT2D eigenvalue weighted by atomic mass is 9.82. The van der Waals surface area contributed by atoms with Crippen LogP contribution in [0.1, 0.15) is 18.9 Å². The van der Waals surface area contributed by atoms with Crippen LogP contribution in [0.5, 0.6) is 0 Å². The van der Waals surface area contributed by atoms with Crippen molar-refractivity contribution >= 4 is 17.6 Å². The van der Waals surface area contributed by atoms with E-state index in [-0.39, 0.29) is 17.7 Å². The molecular weight excluding hydrogens is 266 g/mol. The van der Waals surface area contributed by atoms with Gasteiger partial charge in [-0.1, -0.05) is 37.3 Å². The quantitative estimate of drug-likeness (QED) is 0.836. The summed E-state index contributed by atoms with van der Waals surface area (Å²) < 4.78 is 0. The van der Waals surface area contributed by atoms with Gasteiger partial charge in [-0.3, -0.25) is 9.59 Å². The summed E-state index contributed by atoms with van der Waals surface area (Å²) in [6.45, 7) is 2.03. The second-order valence-electron chi connectivity index (χ2n) is 5.84. The summed E-state index contributed by atoms with van der Waals surface area (Å²) in [4.78, 5) is 24.0. The molecule has 4 nitrogen and oxygen atoms in total. The fourth-order valence-electron chi connectivity index (χ4n) is 3.68. The summed E-state index contributed by atoms with van der Waals surface area (Å²) in [6, 6.07) is 7.67. The number of carboxylic acid groups (broad SMARTS) is 1. The summed E-state index contributed by atoms with van der Waals surface area (Å²) >= 11 is 0. The lowest BCUT2D eigenvalue weighted by molar-refractivity contribution is -0.146. The van der Waals surface area contributed by atoms with E-state index in [0.717, 1.165) is 24.1 Å². The molecule has 1 aromatic carbocycles. The molecule has 1 aromatic rings. The summed E-state index contributed by atoms with van der Waals surface area (Å²) in [5, 5.41) is 12.3. The number of carbonyl (C=O) groups excluding carboxylic acids is 1. The van der Waals surface area contributed by atoms with Gasteiger partial charge in [0, 0.05) is 5.69 Å². The Balaban J connectivity index is 1.82. The van der Waals surface area contributed by atoms with Gasteiger partial charge in [0.25, 0.3) is 0 Å². The second kappa shape index (κ2) is 5.35. The fraction of sp³-hybridized carbons (Fsp3) is 0.412. The molecule has 0 saturated heterocycles. The van der Waals surface area contributed by atoms with Crippen LogP contribution >= 0.6 is 0 Å². The smallest absolute Gasteiger partial charge is 0.307 e. The number of rotatable bonds is 4. The summed E-state index contributed by atoms with van der Waals surface area (Å²) in [5.74, 6) is -2.01. The van der Waals surface area contributed by atoms with Crippen molar-refractivity contribution in [1.82, 2.24) is 0 Å². The molecule has 1 amide bonds. The molecule has 3 rings (SSSR count). The average Bonchev–Trinajstić information content (AvgIpc) is 3.08.